The lowest BCUT2D eigenvalue weighted by atomic mass is 9.87. The largest absolute Gasteiger partial charge is 0.462 e. The van der Waals surface area contributed by atoms with Gasteiger partial charge in [0.2, 0.25) is 0 Å². The molecule has 0 N–H and O–H groups in total. The highest BCUT2D eigenvalue weighted by atomic mass is 32.2. The van der Waals surface area contributed by atoms with Crippen molar-refractivity contribution in [3.8, 4) is 0 Å². The maximum atomic E-state index is 12.4. The second-order valence-electron chi connectivity index (χ2n) is 7.97. The Bertz CT molecular complexity index is 655. The molecule has 1 unspecified atom stereocenters. The van der Waals surface area contributed by atoms with Crippen LogP contribution in [0.2, 0.25) is 25.7 Å². The molecule has 6 nitrogen and oxygen atoms in total. The number of ether oxygens (including phenoxy) is 3. The standard InChI is InChI=1S/C19H31NO5SSi/c1-6-25-18(21)16-7-9-17(10-8-16)19(13-24-14-19)20(26(2)22)15-23-11-12-27(3,4)5/h7-10H,6,11-15H2,1-5H3. The summed E-state index contributed by atoms with van der Waals surface area (Å²) in [6.07, 6.45) is 1.66. The van der Waals surface area contributed by atoms with Gasteiger partial charge in [-0.15, -0.1) is 0 Å². The van der Waals surface area contributed by atoms with E-state index in [1.165, 1.54) is 0 Å². The van der Waals surface area contributed by atoms with Gasteiger partial charge in [0.1, 0.15) is 12.3 Å². The number of rotatable bonds is 10. The van der Waals surface area contributed by atoms with E-state index in [4.69, 9.17) is 14.2 Å². The molecule has 1 aromatic carbocycles. The summed E-state index contributed by atoms with van der Waals surface area (Å²) in [5, 5.41) is 0. The molecule has 2 rings (SSSR count). The van der Waals surface area contributed by atoms with Gasteiger partial charge in [0.25, 0.3) is 0 Å². The Morgan fingerprint density at radius 1 is 1.26 bits per heavy atom. The lowest BCUT2D eigenvalue weighted by Crippen LogP contribution is -2.60. The Kier molecular flexibility index (Phi) is 7.76. The van der Waals surface area contributed by atoms with Crippen LogP contribution in [0, 0.1) is 0 Å². The molecule has 8 heteroatoms. The zero-order chi connectivity index (χ0) is 20.1. The Morgan fingerprint density at radius 3 is 2.33 bits per heavy atom. The van der Waals surface area contributed by atoms with Gasteiger partial charge in [0.15, 0.2) is 0 Å². The number of carbonyl (C=O) groups is 1. The van der Waals surface area contributed by atoms with Crippen molar-refractivity contribution < 1.29 is 23.2 Å². The van der Waals surface area contributed by atoms with Crippen molar-refractivity contribution in [2.75, 3.05) is 39.4 Å². The third-order valence-corrected chi connectivity index (χ3v) is 7.39. The first kappa shape index (κ1) is 22.2. The molecule has 1 aromatic rings. The van der Waals surface area contributed by atoms with Crippen LogP contribution in [-0.2, 0) is 30.7 Å². The molecule has 152 valence electrons. The summed E-state index contributed by atoms with van der Waals surface area (Å²) in [5.41, 5.74) is 0.976. The SMILES string of the molecule is CCOC(=O)c1ccc(C2(N(COCC[Si](C)(C)C)S(C)=O)COC2)cc1. The summed E-state index contributed by atoms with van der Waals surface area (Å²) in [6.45, 7) is 10.9. The molecule has 1 atom stereocenters. The molecule has 0 radical (unpaired) electrons. The molecular weight excluding hydrogens is 382 g/mol. The van der Waals surface area contributed by atoms with E-state index in [1.54, 1.807) is 25.3 Å². The van der Waals surface area contributed by atoms with E-state index >= 15 is 0 Å². The Balaban J connectivity index is 2.12. The highest BCUT2D eigenvalue weighted by Gasteiger charge is 2.47. The Morgan fingerprint density at radius 2 is 1.89 bits per heavy atom. The lowest BCUT2D eigenvalue weighted by Gasteiger charge is -2.48. The van der Waals surface area contributed by atoms with Crippen molar-refractivity contribution >= 4 is 25.0 Å². The third kappa shape index (κ3) is 5.71. The normalized spacial score (nSPS) is 17.4. The number of hydrogen-bond donors (Lipinski definition) is 0. The van der Waals surface area contributed by atoms with Crippen LogP contribution in [0.3, 0.4) is 0 Å². The van der Waals surface area contributed by atoms with Crippen LogP contribution in [-0.4, -0.2) is 62.0 Å². The second-order valence-corrected chi connectivity index (χ2v) is 14.9. The maximum absolute atomic E-state index is 12.4. The van der Waals surface area contributed by atoms with E-state index in [0.29, 0.717) is 32.0 Å². The highest BCUT2D eigenvalue weighted by molar-refractivity contribution is 7.81. The Hall–Kier alpha value is -1.06. The number of carbonyl (C=O) groups excluding carboxylic acids is 1. The third-order valence-electron chi connectivity index (χ3n) is 4.61. The van der Waals surface area contributed by atoms with E-state index in [9.17, 15) is 9.00 Å². The van der Waals surface area contributed by atoms with Gasteiger partial charge in [0, 0.05) is 20.9 Å². The molecule has 27 heavy (non-hydrogen) atoms. The number of hydrogen-bond acceptors (Lipinski definition) is 5. The van der Waals surface area contributed by atoms with E-state index in [2.05, 4.69) is 19.6 Å². The molecule has 0 bridgehead atoms. The predicted molar refractivity (Wildman–Crippen MR) is 110 cm³/mol. The van der Waals surface area contributed by atoms with E-state index in [1.807, 2.05) is 16.4 Å². The number of esters is 1. The molecule has 0 spiro atoms. The van der Waals surface area contributed by atoms with E-state index < -0.39 is 24.6 Å². The van der Waals surface area contributed by atoms with Gasteiger partial charge in [-0.3, -0.25) is 0 Å². The van der Waals surface area contributed by atoms with Gasteiger partial charge >= 0.3 is 5.97 Å². The maximum Gasteiger partial charge on any atom is 0.338 e. The van der Waals surface area contributed by atoms with Gasteiger partial charge in [-0.1, -0.05) is 31.8 Å². The zero-order valence-electron chi connectivity index (χ0n) is 16.9. The van der Waals surface area contributed by atoms with E-state index in [-0.39, 0.29) is 12.7 Å². The van der Waals surface area contributed by atoms with Crippen molar-refractivity contribution in [1.82, 2.24) is 4.31 Å². The van der Waals surface area contributed by atoms with Crippen molar-refractivity contribution in [3.63, 3.8) is 0 Å². The summed E-state index contributed by atoms with van der Waals surface area (Å²) < 4.78 is 30.7. The molecule has 1 fully saturated rings. The van der Waals surface area contributed by atoms with Gasteiger partial charge in [-0.2, -0.15) is 4.31 Å². The molecular formula is C19H31NO5SSi. The monoisotopic (exact) mass is 413 g/mol. The quantitative estimate of drug-likeness (QED) is 0.255. The van der Waals surface area contributed by atoms with Crippen LogP contribution in [0.15, 0.2) is 24.3 Å². The molecule has 0 aliphatic carbocycles. The van der Waals surface area contributed by atoms with Crippen LogP contribution in [0.1, 0.15) is 22.8 Å². The first-order valence-electron chi connectivity index (χ1n) is 9.24. The fourth-order valence-electron chi connectivity index (χ4n) is 2.85. The number of nitrogens with zero attached hydrogens (tertiary/aromatic N) is 1. The fourth-order valence-corrected chi connectivity index (χ4v) is 4.53. The van der Waals surface area contributed by atoms with Crippen molar-refractivity contribution in [3.05, 3.63) is 35.4 Å². The van der Waals surface area contributed by atoms with Crippen molar-refractivity contribution in [2.45, 2.75) is 38.1 Å². The highest BCUT2D eigenvalue weighted by Crippen LogP contribution is 2.37. The van der Waals surface area contributed by atoms with Crippen LogP contribution in [0.25, 0.3) is 0 Å². The minimum absolute atomic E-state index is 0.288. The fraction of sp³-hybridized carbons (Fsp3) is 0.632. The van der Waals surface area contributed by atoms with Crippen LogP contribution < -0.4 is 0 Å². The average Bonchev–Trinajstić information content (AvgIpc) is 2.55. The average molecular weight is 414 g/mol. The summed E-state index contributed by atoms with van der Waals surface area (Å²) in [4.78, 5) is 11.9. The first-order valence-corrected chi connectivity index (χ1v) is 14.5. The minimum Gasteiger partial charge on any atom is -0.462 e. The van der Waals surface area contributed by atoms with Gasteiger partial charge in [-0.25, -0.2) is 9.00 Å². The summed E-state index contributed by atoms with van der Waals surface area (Å²) in [7, 11) is -2.39. The lowest BCUT2D eigenvalue weighted by molar-refractivity contribution is -0.137. The molecule has 1 aliphatic rings. The van der Waals surface area contributed by atoms with Crippen LogP contribution >= 0.6 is 0 Å². The molecule has 0 aromatic heterocycles. The van der Waals surface area contributed by atoms with Crippen molar-refractivity contribution in [1.29, 1.82) is 0 Å². The van der Waals surface area contributed by atoms with Crippen LogP contribution in [0.5, 0.6) is 0 Å². The summed E-state index contributed by atoms with van der Waals surface area (Å²) in [5.74, 6) is -0.339. The number of benzene rings is 1. The van der Waals surface area contributed by atoms with Crippen molar-refractivity contribution in [2.24, 2.45) is 0 Å². The molecule has 1 saturated heterocycles. The molecule has 0 saturated carbocycles. The first-order chi connectivity index (χ1) is 12.7. The predicted octanol–water partition coefficient (Wildman–Crippen LogP) is 3.00. The van der Waals surface area contributed by atoms with Crippen LogP contribution in [0.4, 0.5) is 0 Å². The summed E-state index contributed by atoms with van der Waals surface area (Å²) in [6, 6.07) is 8.33. The minimum atomic E-state index is -1.22. The van der Waals surface area contributed by atoms with E-state index in [0.717, 1.165) is 11.6 Å². The molecule has 0 amide bonds. The summed E-state index contributed by atoms with van der Waals surface area (Å²) >= 11 is 0. The zero-order valence-corrected chi connectivity index (χ0v) is 18.8. The van der Waals surface area contributed by atoms with Gasteiger partial charge in [0.05, 0.1) is 36.4 Å². The molecule has 1 aliphatic heterocycles. The Labute approximate surface area is 165 Å². The molecule has 1 heterocycles. The smallest absolute Gasteiger partial charge is 0.338 e. The topological polar surface area (TPSA) is 65.1 Å². The van der Waals surface area contributed by atoms with Gasteiger partial charge < -0.3 is 14.2 Å². The second kappa shape index (κ2) is 9.42. The van der Waals surface area contributed by atoms with Gasteiger partial charge in [-0.05, 0) is 30.7 Å².